The molecule has 1 aromatic carbocycles. The molecule has 1 aromatic rings. The molecule has 0 aliphatic heterocycles. The van der Waals surface area contributed by atoms with Crippen LogP contribution in [0.4, 0.5) is 32.0 Å². The predicted molar refractivity (Wildman–Crippen MR) is 74.4 cm³/mol. The van der Waals surface area contributed by atoms with Crippen molar-refractivity contribution >= 4 is 41.5 Å². The molecule has 0 aliphatic carbocycles. The molecule has 1 rings (SSSR count). The molecule has 0 amide bonds. The average molecular weight is 384 g/mol. The number of hydrogen-bond acceptors (Lipinski definition) is 3. The molecular weight excluding hydrogens is 377 g/mol. The number of rotatable bonds is 3. The van der Waals surface area contributed by atoms with Gasteiger partial charge in [-0.2, -0.15) is 26.3 Å². The van der Waals surface area contributed by atoms with Crippen LogP contribution in [0.2, 0.25) is 0 Å². The Labute approximate surface area is 130 Å². The zero-order valence-corrected chi connectivity index (χ0v) is 12.7. The van der Waals surface area contributed by atoms with E-state index in [2.05, 4.69) is 28.5 Å². The zero-order valence-electron chi connectivity index (χ0n) is 10.2. The number of nitrogens with two attached hydrogens (primary N) is 1. The predicted octanol–water partition coefficient (Wildman–Crippen LogP) is 3.61. The molecule has 1 atom stereocenters. The van der Waals surface area contributed by atoms with Crippen LogP contribution in [0.5, 0.6) is 0 Å². The van der Waals surface area contributed by atoms with Gasteiger partial charge in [0.15, 0.2) is 0 Å². The van der Waals surface area contributed by atoms with Gasteiger partial charge in [0.2, 0.25) is 0 Å². The third-order valence-electron chi connectivity index (χ3n) is 2.07. The highest BCUT2D eigenvalue weighted by Gasteiger charge is 2.37. The Kier molecular flexibility index (Phi) is 5.33. The normalized spacial score (nSPS) is 15.0. The lowest BCUT2D eigenvalue weighted by molar-refractivity contribution is -0.143. The van der Waals surface area contributed by atoms with Crippen LogP contribution in [-0.2, 0) is 28.7 Å². The van der Waals surface area contributed by atoms with Crippen molar-refractivity contribution in [1.82, 2.24) is 0 Å². The van der Waals surface area contributed by atoms with E-state index in [1.807, 2.05) is 5.09 Å². The van der Waals surface area contributed by atoms with Crippen LogP contribution >= 0.6 is 18.9 Å². The number of thiocarbonyl (C=S) groups is 1. The lowest BCUT2D eigenvalue weighted by Gasteiger charge is -2.20. The van der Waals surface area contributed by atoms with Crippen molar-refractivity contribution < 1.29 is 35.8 Å². The fraction of sp³-hybridized carbons (Fsp3) is 0.222. The van der Waals surface area contributed by atoms with Crippen molar-refractivity contribution in [3.05, 3.63) is 29.3 Å². The van der Waals surface area contributed by atoms with Gasteiger partial charge in [-0.25, -0.2) is 0 Å². The van der Waals surface area contributed by atoms with Gasteiger partial charge in [-0.3, -0.25) is 0 Å². The highest BCUT2D eigenvalue weighted by Crippen LogP contribution is 2.45. The summed E-state index contributed by atoms with van der Waals surface area (Å²) in [6.07, 6.45) is -10.1. The van der Waals surface area contributed by atoms with Crippen molar-refractivity contribution in [1.29, 1.82) is 0 Å². The second kappa shape index (κ2) is 6.19. The molecular formula is C9H7F6N2O2PS2. The summed E-state index contributed by atoms with van der Waals surface area (Å²) >= 11 is 8.76. The first-order chi connectivity index (χ1) is 9.71. The van der Waals surface area contributed by atoms with Crippen LogP contribution in [0.15, 0.2) is 18.2 Å². The smallest absolute Gasteiger partial charge is 0.403 e. The van der Waals surface area contributed by atoms with Crippen LogP contribution in [0.1, 0.15) is 11.1 Å². The van der Waals surface area contributed by atoms with E-state index >= 15 is 0 Å². The van der Waals surface area contributed by atoms with Crippen LogP contribution in [0.25, 0.3) is 0 Å². The maximum Gasteiger partial charge on any atom is 0.416 e. The van der Waals surface area contributed by atoms with Gasteiger partial charge in [0, 0.05) is 5.69 Å². The molecule has 4 N–H and O–H groups in total. The molecule has 0 bridgehead atoms. The molecule has 0 saturated heterocycles. The topological polar surface area (TPSA) is 67.5 Å². The molecule has 13 heteroatoms. The van der Waals surface area contributed by atoms with Gasteiger partial charge in [0.1, 0.15) is 0 Å². The fourth-order valence-electron chi connectivity index (χ4n) is 1.33. The molecule has 0 aromatic heterocycles. The Morgan fingerprint density at radius 2 is 1.50 bits per heavy atom. The first-order valence-corrected chi connectivity index (χ1v) is 8.18. The number of halogens is 6. The standard InChI is InChI=1S/C9H7F6N2O2PS2/c10-8(11,12)4-1-5(9(13,14)15)3-6(2-4)17-20(18,22)19-7(16)21/h1-3H,(H2,16,21)(H2,17,18,22). The molecule has 4 nitrogen and oxygen atoms in total. The minimum Gasteiger partial charge on any atom is -0.403 e. The third kappa shape index (κ3) is 5.59. The van der Waals surface area contributed by atoms with E-state index in [0.717, 1.165) is 0 Å². The minimum atomic E-state index is -5.03. The molecule has 1 unspecified atom stereocenters. The van der Waals surface area contributed by atoms with Crippen molar-refractivity contribution in [3.8, 4) is 0 Å². The van der Waals surface area contributed by atoms with Crippen LogP contribution in [0.3, 0.4) is 0 Å². The number of benzene rings is 1. The summed E-state index contributed by atoms with van der Waals surface area (Å²) in [4.78, 5) is 9.59. The van der Waals surface area contributed by atoms with E-state index < -0.39 is 41.0 Å². The van der Waals surface area contributed by atoms with Gasteiger partial charge in [0.05, 0.1) is 11.1 Å². The summed E-state index contributed by atoms with van der Waals surface area (Å²) in [5, 5.41) is 1.16. The van der Waals surface area contributed by atoms with Gasteiger partial charge in [-0.1, -0.05) is 0 Å². The highest BCUT2D eigenvalue weighted by molar-refractivity contribution is 8.10. The zero-order chi connectivity index (χ0) is 17.3. The Morgan fingerprint density at radius 1 is 1.09 bits per heavy atom. The van der Waals surface area contributed by atoms with Crippen molar-refractivity contribution in [2.24, 2.45) is 5.73 Å². The quantitative estimate of drug-likeness (QED) is 0.420. The molecule has 0 fully saturated rings. The molecule has 22 heavy (non-hydrogen) atoms. The first-order valence-electron chi connectivity index (χ1n) is 5.10. The average Bonchev–Trinajstić information content (AvgIpc) is 2.23. The minimum absolute atomic E-state index is 0.0690. The van der Waals surface area contributed by atoms with E-state index in [4.69, 9.17) is 5.73 Å². The monoisotopic (exact) mass is 384 g/mol. The van der Waals surface area contributed by atoms with Gasteiger partial charge in [-0.15, -0.1) is 0 Å². The van der Waals surface area contributed by atoms with E-state index in [0.29, 0.717) is 12.1 Å². The molecule has 0 heterocycles. The molecule has 0 radical (unpaired) electrons. The number of nitrogens with one attached hydrogen (secondary N) is 1. The maximum atomic E-state index is 12.6. The number of alkyl halides is 6. The van der Waals surface area contributed by atoms with Gasteiger partial charge >= 0.3 is 19.0 Å². The lowest BCUT2D eigenvalue weighted by Crippen LogP contribution is -2.15. The van der Waals surface area contributed by atoms with E-state index in [1.165, 1.54) is 0 Å². The Bertz CT molecular complexity index is 601. The van der Waals surface area contributed by atoms with Gasteiger partial charge in [-0.05, 0) is 42.2 Å². The second-order valence-electron chi connectivity index (χ2n) is 3.84. The van der Waals surface area contributed by atoms with Gasteiger partial charge < -0.3 is 20.2 Å². The number of anilines is 1. The Hall–Kier alpha value is -1.10. The number of hydrogen-bond donors (Lipinski definition) is 3. The molecule has 0 aliphatic rings. The molecule has 0 spiro atoms. The van der Waals surface area contributed by atoms with Gasteiger partial charge in [0.25, 0.3) is 5.17 Å². The third-order valence-corrected chi connectivity index (χ3v) is 3.76. The summed E-state index contributed by atoms with van der Waals surface area (Å²) in [6.45, 7) is -4.03. The summed E-state index contributed by atoms with van der Waals surface area (Å²) in [7, 11) is 0. The molecule has 124 valence electrons. The van der Waals surface area contributed by atoms with Crippen LogP contribution in [0, 0.1) is 0 Å². The maximum absolute atomic E-state index is 12.6. The van der Waals surface area contributed by atoms with E-state index in [-0.39, 0.29) is 6.07 Å². The summed E-state index contributed by atoms with van der Waals surface area (Å²) in [5.74, 6) is 0. The Morgan fingerprint density at radius 3 is 1.82 bits per heavy atom. The Balaban J connectivity index is 3.30. The van der Waals surface area contributed by atoms with Crippen LogP contribution in [-0.4, -0.2) is 10.1 Å². The van der Waals surface area contributed by atoms with Crippen molar-refractivity contribution in [2.75, 3.05) is 5.09 Å². The summed E-state index contributed by atoms with van der Waals surface area (Å²) in [6, 6.07) is 0.616. The van der Waals surface area contributed by atoms with Crippen molar-refractivity contribution in [3.63, 3.8) is 0 Å². The molecule has 0 saturated carbocycles. The lowest BCUT2D eigenvalue weighted by atomic mass is 10.1. The van der Waals surface area contributed by atoms with E-state index in [9.17, 15) is 31.2 Å². The first kappa shape index (κ1) is 18.9. The van der Waals surface area contributed by atoms with Crippen molar-refractivity contribution in [2.45, 2.75) is 12.4 Å². The summed E-state index contributed by atoms with van der Waals surface area (Å²) in [5.41, 5.74) is 1.06. The SMILES string of the molecule is NC(=S)OP(O)(=S)Nc1cc(C(F)(F)F)cc(C(F)(F)F)c1. The fourth-order valence-corrected chi connectivity index (χ4v) is 3.09. The largest absolute Gasteiger partial charge is 0.416 e. The summed E-state index contributed by atoms with van der Waals surface area (Å²) < 4.78 is 80.2. The highest BCUT2D eigenvalue weighted by atomic mass is 32.5. The van der Waals surface area contributed by atoms with E-state index in [1.54, 1.807) is 0 Å². The second-order valence-corrected chi connectivity index (χ2v) is 7.17. The van der Waals surface area contributed by atoms with Crippen LogP contribution < -0.4 is 10.8 Å².